The van der Waals surface area contributed by atoms with E-state index in [1.165, 1.54) is 12.1 Å². The van der Waals surface area contributed by atoms with E-state index in [1.54, 1.807) is 4.90 Å². The molecule has 14 heteroatoms. The Bertz CT molecular complexity index is 1220. The predicted molar refractivity (Wildman–Crippen MR) is 107 cm³/mol. The highest BCUT2D eigenvalue weighted by molar-refractivity contribution is 5.93. The molecular formula is C20H17F5N6O3. The van der Waals surface area contributed by atoms with Crippen LogP contribution < -0.4 is 10.2 Å². The molecule has 9 nitrogen and oxygen atoms in total. The first-order valence-corrected chi connectivity index (χ1v) is 10.1. The van der Waals surface area contributed by atoms with Crippen LogP contribution in [-0.2, 0) is 20.5 Å². The lowest BCUT2D eigenvalue weighted by Gasteiger charge is -2.31. The number of nitrogens with one attached hydrogen (secondary N) is 1. The zero-order valence-electron chi connectivity index (χ0n) is 17.4. The van der Waals surface area contributed by atoms with Gasteiger partial charge in [-0.1, -0.05) is 0 Å². The fourth-order valence-corrected chi connectivity index (χ4v) is 3.50. The normalized spacial score (nSPS) is 14.9. The molecule has 0 bridgehead atoms. The zero-order chi connectivity index (χ0) is 24.5. The van der Waals surface area contributed by atoms with Crippen molar-refractivity contribution in [2.75, 3.05) is 29.9 Å². The summed E-state index contributed by atoms with van der Waals surface area (Å²) in [5, 5.41) is 12.7. The van der Waals surface area contributed by atoms with Crippen molar-refractivity contribution in [2.24, 2.45) is 5.92 Å². The van der Waals surface area contributed by atoms with Gasteiger partial charge in [-0.3, -0.25) is 9.59 Å². The molecule has 1 amide bonds. The Hall–Kier alpha value is -3.84. The van der Waals surface area contributed by atoms with E-state index in [1.807, 2.05) is 0 Å². The SMILES string of the molecule is O=C(COC(=O)C1CCN(c2ccc3nnc(C(F)(F)F)n3n2)CC1)Nc1cc(F)ccc1F. The van der Waals surface area contributed by atoms with E-state index in [-0.39, 0.29) is 17.2 Å². The lowest BCUT2D eigenvalue weighted by molar-refractivity contribution is -0.152. The minimum atomic E-state index is -4.71. The number of esters is 1. The Kier molecular flexibility index (Phi) is 6.30. The molecule has 2 aromatic heterocycles. The van der Waals surface area contributed by atoms with Gasteiger partial charge in [0, 0.05) is 19.2 Å². The van der Waals surface area contributed by atoms with E-state index in [2.05, 4.69) is 20.6 Å². The number of piperidine rings is 1. The lowest BCUT2D eigenvalue weighted by atomic mass is 9.97. The Morgan fingerprint density at radius 1 is 1.09 bits per heavy atom. The lowest BCUT2D eigenvalue weighted by Crippen LogP contribution is -2.38. The summed E-state index contributed by atoms with van der Waals surface area (Å²) in [6.07, 6.45) is -4.09. The molecule has 4 rings (SSSR count). The fraction of sp³-hybridized carbons (Fsp3) is 0.350. The number of rotatable bonds is 5. The van der Waals surface area contributed by atoms with Gasteiger partial charge in [-0.2, -0.15) is 17.7 Å². The van der Waals surface area contributed by atoms with Crippen LogP contribution in [0.15, 0.2) is 30.3 Å². The number of carbonyl (C=O) groups is 2. The summed E-state index contributed by atoms with van der Waals surface area (Å²) in [4.78, 5) is 25.9. The smallest absolute Gasteiger partial charge is 0.453 e. The maximum absolute atomic E-state index is 13.6. The second-order valence-electron chi connectivity index (χ2n) is 7.52. The molecule has 0 spiro atoms. The van der Waals surface area contributed by atoms with Crippen molar-refractivity contribution < 1.29 is 36.3 Å². The van der Waals surface area contributed by atoms with Gasteiger partial charge in [-0.25, -0.2) is 8.78 Å². The van der Waals surface area contributed by atoms with Gasteiger partial charge in [0.15, 0.2) is 12.3 Å². The quantitative estimate of drug-likeness (QED) is 0.439. The first-order chi connectivity index (χ1) is 16.1. The summed E-state index contributed by atoms with van der Waals surface area (Å²) >= 11 is 0. The molecule has 0 radical (unpaired) electrons. The molecule has 1 N–H and O–H groups in total. The standard InChI is InChI=1S/C20H17F5N6O3/c21-12-1-2-13(22)14(9-12)26-17(32)10-34-18(33)11-5-7-30(8-6-11)16-4-3-15-27-28-19(20(23,24)25)31(15)29-16/h1-4,9,11H,5-8,10H2,(H,26,32). The van der Waals surface area contributed by atoms with Gasteiger partial charge in [0.05, 0.1) is 11.6 Å². The summed E-state index contributed by atoms with van der Waals surface area (Å²) < 4.78 is 71.5. The molecule has 1 aromatic carbocycles. The Morgan fingerprint density at radius 2 is 1.82 bits per heavy atom. The Balaban J connectivity index is 1.31. The second kappa shape index (κ2) is 9.19. The van der Waals surface area contributed by atoms with E-state index in [0.29, 0.717) is 30.4 Å². The average Bonchev–Trinajstić information content (AvgIpc) is 3.24. The van der Waals surface area contributed by atoms with Gasteiger partial charge >= 0.3 is 12.1 Å². The van der Waals surface area contributed by atoms with Crippen molar-refractivity contribution in [3.05, 3.63) is 47.8 Å². The molecule has 3 heterocycles. The highest BCUT2D eigenvalue weighted by Gasteiger charge is 2.38. The molecule has 0 unspecified atom stereocenters. The summed E-state index contributed by atoms with van der Waals surface area (Å²) in [6, 6.07) is 5.43. The van der Waals surface area contributed by atoms with Crippen molar-refractivity contribution in [2.45, 2.75) is 19.0 Å². The van der Waals surface area contributed by atoms with Crippen LogP contribution in [0.4, 0.5) is 33.5 Å². The molecule has 180 valence electrons. The van der Waals surface area contributed by atoms with Crippen molar-refractivity contribution >= 4 is 29.0 Å². The molecule has 1 fully saturated rings. The number of carbonyl (C=O) groups excluding carboxylic acids is 2. The van der Waals surface area contributed by atoms with E-state index < -0.39 is 48.0 Å². The van der Waals surface area contributed by atoms with E-state index in [4.69, 9.17) is 4.74 Å². The van der Waals surface area contributed by atoms with E-state index in [0.717, 1.165) is 18.2 Å². The summed E-state index contributed by atoms with van der Waals surface area (Å²) in [5.41, 5.74) is -0.425. The van der Waals surface area contributed by atoms with Crippen LogP contribution in [0.5, 0.6) is 0 Å². The number of nitrogens with zero attached hydrogens (tertiary/aromatic N) is 5. The molecule has 1 saturated heterocycles. The average molecular weight is 484 g/mol. The number of halogens is 5. The van der Waals surface area contributed by atoms with Crippen molar-refractivity contribution in [3.63, 3.8) is 0 Å². The largest absolute Gasteiger partial charge is 0.455 e. The number of hydrogen-bond acceptors (Lipinski definition) is 7. The molecule has 0 aliphatic carbocycles. The Morgan fingerprint density at radius 3 is 2.53 bits per heavy atom. The number of hydrogen-bond donors (Lipinski definition) is 1. The van der Waals surface area contributed by atoms with Gasteiger partial charge in [0.25, 0.3) is 11.7 Å². The van der Waals surface area contributed by atoms with Crippen LogP contribution >= 0.6 is 0 Å². The predicted octanol–water partition coefficient (Wildman–Crippen LogP) is 2.82. The maximum atomic E-state index is 13.6. The number of aromatic nitrogens is 4. The third-order valence-electron chi connectivity index (χ3n) is 5.20. The minimum Gasteiger partial charge on any atom is -0.455 e. The third kappa shape index (κ3) is 5.05. The molecule has 3 aromatic rings. The number of benzene rings is 1. The first kappa shape index (κ1) is 23.3. The van der Waals surface area contributed by atoms with E-state index in [9.17, 15) is 31.5 Å². The zero-order valence-corrected chi connectivity index (χ0v) is 17.4. The number of fused-ring (bicyclic) bond motifs is 1. The monoisotopic (exact) mass is 484 g/mol. The highest BCUT2D eigenvalue weighted by Crippen LogP contribution is 2.29. The summed E-state index contributed by atoms with van der Waals surface area (Å²) in [5.74, 6) is -4.57. The second-order valence-corrected chi connectivity index (χ2v) is 7.52. The molecule has 1 aliphatic heterocycles. The van der Waals surface area contributed by atoms with Gasteiger partial charge in [-0.15, -0.1) is 15.3 Å². The molecule has 0 atom stereocenters. The number of alkyl halides is 3. The highest BCUT2D eigenvalue weighted by atomic mass is 19.4. The number of anilines is 2. The fourth-order valence-electron chi connectivity index (χ4n) is 3.50. The molecule has 0 saturated carbocycles. The number of amides is 1. The number of ether oxygens (including phenoxy) is 1. The third-order valence-corrected chi connectivity index (χ3v) is 5.20. The van der Waals surface area contributed by atoms with Crippen molar-refractivity contribution in [1.29, 1.82) is 0 Å². The summed E-state index contributed by atoms with van der Waals surface area (Å²) in [6.45, 7) is -0.0635. The Labute approximate surface area is 188 Å². The van der Waals surface area contributed by atoms with Crippen LogP contribution in [0.2, 0.25) is 0 Å². The van der Waals surface area contributed by atoms with Crippen LogP contribution in [0.3, 0.4) is 0 Å². The molecular weight excluding hydrogens is 467 g/mol. The minimum absolute atomic E-state index is 0.0501. The van der Waals surface area contributed by atoms with Gasteiger partial charge in [-0.05, 0) is 37.1 Å². The van der Waals surface area contributed by atoms with Gasteiger partial charge in [0.1, 0.15) is 17.5 Å². The first-order valence-electron chi connectivity index (χ1n) is 10.1. The van der Waals surface area contributed by atoms with Crippen molar-refractivity contribution in [3.8, 4) is 0 Å². The van der Waals surface area contributed by atoms with Crippen LogP contribution in [0, 0.1) is 17.6 Å². The maximum Gasteiger partial charge on any atom is 0.453 e. The topological polar surface area (TPSA) is 102 Å². The van der Waals surface area contributed by atoms with E-state index >= 15 is 0 Å². The van der Waals surface area contributed by atoms with Crippen LogP contribution in [-0.4, -0.2) is 51.4 Å². The summed E-state index contributed by atoms with van der Waals surface area (Å²) in [7, 11) is 0. The van der Waals surface area contributed by atoms with Gasteiger partial charge in [0.2, 0.25) is 0 Å². The molecule has 1 aliphatic rings. The van der Waals surface area contributed by atoms with Gasteiger partial charge < -0.3 is 15.0 Å². The van der Waals surface area contributed by atoms with Crippen LogP contribution in [0.25, 0.3) is 5.65 Å². The van der Waals surface area contributed by atoms with Crippen molar-refractivity contribution in [1.82, 2.24) is 19.8 Å². The molecule has 34 heavy (non-hydrogen) atoms. The van der Waals surface area contributed by atoms with Crippen LogP contribution in [0.1, 0.15) is 18.7 Å².